The van der Waals surface area contributed by atoms with Crippen molar-refractivity contribution in [2.24, 2.45) is 0 Å². The highest BCUT2D eigenvalue weighted by Gasteiger charge is 2.10. The van der Waals surface area contributed by atoms with E-state index in [-0.39, 0.29) is 0 Å². The average molecular weight is 208 g/mol. The van der Waals surface area contributed by atoms with E-state index in [2.05, 4.69) is 6.07 Å². The molecule has 0 amide bonds. The molecule has 15 heavy (non-hydrogen) atoms. The number of aryl methyl sites for hydroxylation is 2. The van der Waals surface area contributed by atoms with Crippen LogP contribution < -0.4 is 0 Å². The lowest BCUT2D eigenvalue weighted by molar-refractivity contribution is -0.149. The highest BCUT2D eigenvalue weighted by molar-refractivity contribution is 5.71. The van der Waals surface area contributed by atoms with Crippen LogP contribution in [-0.2, 0) is 16.1 Å². The summed E-state index contributed by atoms with van der Waals surface area (Å²) in [4.78, 5) is 10.5. The first-order chi connectivity index (χ1) is 6.99. The van der Waals surface area contributed by atoms with Crippen LogP contribution in [0.3, 0.4) is 0 Å². The van der Waals surface area contributed by atoms with Crippen LogP contribution in [-0.4, -0.2) is 17.2 Å². The molecule has 1 aromatic carbocycles. The highest BCUT2D eigenvalue weighted by atomic mass is 16.5. The Morgan fingerprint density at radius 2 is 1.87 bits per heavy atom. The number of ether oxygens (including phenoxy) is 1. The fourth-order valence-corrected chi connectivity index (χ4v) is 1.44. The second-order valence-electron chi connectivity index (χ2n) is 3.79. The summed E-state index contributed by atoms with van der Waals surface area (Å²) in [5, 5.41) is 8.64. The largest absolute Gasteiger partial charge is 0.479 e. The third-order valence-electron chi connectivity index (χ3n) is 2.13. The molecule has 82 valence electrons. The summed E-state index contributed by atoms with van der Waals surface area (Å²) in [6.45, 7) is 5.90. The number of carboxylic acid groups (broad SMARTS) is 1. The highest BCUT2D eigenvalue weighted by Crippen LogP contribution is 2.10. The van der Waals surface area contributed by atoms with Crippen molar-refractivity contribution >= 4 is 5.97 Å². The molecular formula is C12H16O3. The molecular weight excluding hydrogens is 192 g/mol. The maximum Gasteiger partial charge on any atom is 0.332 e. The van der Waals surface area contributed by atoms with Crippen molar-refractivity contribution in [3.8, 4) is 0 Å². The second kappa shape index (κ2) is 4.94. The van der Waals surface area contributed by atoms with Gasteiger partial charge in [0.05, 0.1) is 6.61 Å². The fraction of sp³-hybridized carbons (Fsp3) is 0.417. The van der Waals surface area contributed by atoms with Crippen LogP contribution in [0.4, 0.5) is 0 Å². The van der Waals surface area contributed by atoms with E-state index in [1.54, 1.807) is 0 Å². The van der Waals surface area contributed by atoms with Crippen LogP contribution in [0.25, 0.3) is 0 Å². The van der Waals surface area contributed by atoms with Gasteiger partial charge in [0.2, 0.25) is 0 Å². The predicted octanol–water partition coefficient (Wildman–Crippen LogP) is 2.29. The summed E-state index contributed by atoms with van der Waals surface area (Å²) in [5.41, 5.74) is 3.34. The van der Waals surface area contributed by atoms with Gasteiger partial charge >= 0.3 is 5.97 Å². The summed E-state index contributed by atoms with van der Waals surface area (Å²) in [5.74, 6) is -0.931. The first-order valence-electron chi connectivity index (χ1n) is 4.90. The van der Waals surface area contributed by atoms with Crippen LogP contribution in [0.5, 0.6) is 0 Å². The van der Waals surface area contributed by atoms with E-state index >= 15 is 0 Å². The van der Waals surface area contributed by atoms with Crippen LogP contribution in [0.15, 0.2) is 18.2 Å². The maximum absolute atomic E-state index is 10.5. The zero-order valence-electron chi connectivity index (χ0n) is 9.28. The van der Waals surface area contributed by atoms with Crippen molar-refractivity contribution in [3.05, 3.63) is 34.9 Å². The molecule has 1 N–H and O–H groups in total. The summed E-state index contributed by atoms with van der Waals surface area (Å²) >= 11 is 0. The van der Waals surface area contributed by atoms with Gasteiger partial charge in [-0.05, 0) is 26.3 Å². The van der Waals surface area contributed by atoms with Gasteiger partial charge in [0.25, 0.3) is 0 Å². The normalized spacial score (nSPS) is 12.5. The standard InChI is InChI=1S/C12H16O3/c1-8-4-9(2)6-11(5-8)7-15-10(3)12(13)14/h4-6,10H,7H2,1-3H3,(H,13,14)/t10-/m1/s1. The van der Waals surface area contributed by atoms with Gasteiger partial charge < -0.3 is 9.84 Å². The molecule has 1 aromatic rings. The van der Waals surface area contributed by atoms with Gasteiger partial charge in [0, 0.05) is 0 Å². The van der Waals surface area contributed by atoms with Gasteiger partial charge in [-0.1, -0.05) is 29.3 Å². The maximum atomic E-state index is 10.5. The number of rotatable bonds is 4. The molecule has 0 aliphatic carbocycles. The Labute approximate surface area is 89.7 Å². The molecule has 1 atom stereocenters. The number of hydrogen-bond acceptors (Lipinski definition) is 2. The van der Waals surface area contributed by atoms with Gasteiger partial charge in [-0.2, -0.15) is 0 Å². The van der Waals surface area contributed by atoms with E-state index in [1.807, 2.05) is 26.0 Å². The van der Waals surface area contributed by atoms with Crippen LogP contribution >= 0.6 is 0 Å². The van der Waals surface area contributed by atoms with Gasteiger partial charge in [0.15, 0.2) is 6.10 Å². The second-order valence-corrected chi connectivity index (χ2v) is 3.79. The number of carbonyl (C=O) groups is 1. The zero-order chi connectivity index (χ0) is 11.4. The molecule has 0 spiro atoms. The average Bonchev–Trinajstić information content (AvgIpc) is 2.12. The monoisotopic (exact) mass is 208 g/mol. The Bertz CT molecular complexity index is 338. The van der Waals surface area contributed by atoms with Crippen molar-refractivity contribution in [3.63, 3.8) is 0 Å². The Hall–Kier alpha value is -1.35. The minimum absolute atomic E-state index is 0.343. The minimum Gasteiger partial charge on any atom is -0.479 e. The molecule has 0 aliphatic rings. The molecule has 0 saturated heterocycles. The lowest BCUT2D eigenvalue weighted by atomic mass is 10.1. The molecule has 0 unspecified atom stereocenters. The third kappa shape index (κ3) is 3.72. The van der Waals surface area contributed by atoms with Gasteiger partial charge in [-0.25, -0.2) is 4.79 Å². The van der Waals surface area contributed by atoms with Crippen molar-refractivity contribution in [2.45, 2.75) is 33.5 Å². The molecule has 0 radical (unpaired) electrons. The molecule has 0 aromatic heterocycles. The Kier molecular flexibility index (Phi) is 3.86. The molecule has 0 aliphatic heterocycles. The number of benzene rings is 1. The predicted molar refractivity (Wildman–Crippen MR) is 57.8 cm³/mol. The molecule has 0 heterocycles. The molecule has 3 nitrogen and oxygen atoms in total. The van der Waals surface area contributed by atoms with E-state index in [0.717, 1.165) is 16.7 Å². The number of hydrogen-bond donors (Lipinski definition) is 1. The van der Waals surface area contributed by atoms with Gasteiger partial charge in [-0.15, -0.1) is 0 Å². The summed E-state index contributed by atoms with van der Waals surface area (Å²) < 4.78 is 5.20. The van der Waals surface area contributed by atoms with Crippen molar-refractivity contribution in [1.82, 2.24) is 0 Å². The van der Waals surface area contributed by atoms with E-state index in [0.29, 0.717) is 6.61 Å². The van der Waals surface area contributed by atoms with E-state index in [4.69, 9.17) is 9.84 Å². The van der Waals surface area contributed by atoms with Gasteiger partial charge in [0.1, 0.15) is 0 Å². The number of carboxylic acids is 1. The lowest BCUT2D eigenvalue weighted by Crippen LogP contribution is -2.19. The molecule has 0 fully saturated rings. The lowest BCUT2D eigenvalue weighted by Gasteiger charge is -2.09. The zero-order valence-corrected chi connectivity index (χ0v) is 9.28. The SMILES string of the molecule is Cc1cc(C)cc(CO[C@H](C)C(=O)O)c1. The van der Waals surface area contributed by atoms with Crippen molar-refractivity contribution in [2.75, 3.05) is 0 Å². The smallest absolute Gasteiger partial charge is 0.332 e. The van der Waals surface area contributed by atoms with Crippen molar-refractivity contribution < 1.29 is 14.6 Å². The van der Waals surface area contributed by atoms with Crippen LogP contribution in [0.2, 0.25) is 0 Å². The quantitative estimate of drug-likeness (QED) is 0.825. The molecule has 0 saturated carbocycles. The van der Waals surface area contributed by atoms with E-state index < -0.39 is 12.1 Å². The molecule has 1 rings (SSSR count). The summed E-state index contributed by atoms with van der Waals surface area (Å²) in [6, 6.07) is 6.08. The first-order valence-corrected chi connectivity index (χ1v) is 4.90. The Morgan fingerprint density at radius 1 is 1.33 bits per heavy atom. The number of aliphatic carboxylic acids is 1. The molecule has 3 heteroatoms. The van der Waals surface area contributed by atoms with Crippen LogP contribution in [0, 0.1) is 13.8 Å². The van der Waals surface area contributed by atoms with Crippen molar-refractivity contribution in [1.29, 1.82) is 0 Å². The Morgan fingerprint density at radius 3 is 2.33 bits per heavy atom. The third-order valence-corrected chi connectivity index (χ3v) is 2.13. The summed E-state index contributed by atoms with van der Waals surface area (Å²) in [7, 11) is 0. The fourth-order valence-electron chi connectivity index (χ4n) is 1.44. The van der Waals surface area contributed by atoms with Gasteiger partial charge in [-0.3, -0.25) is 0 Å². The summed E-state index contributed by atoms with van der Waals surface area (Å²) in [6.07, 6.45) is -0.759. The van der Waals surface area contributed by atoms with E-state index in [9.17, 15) is 4.79 Å². The Balaban J connectivity index is 2.61. The molecule has 0 bridgehead atoms. The topological polar surface area (TPSA) is 46.5 Å². The first kappa shape index (κ1) is 11.7. The van der Waals surface area contributed by atoms with Crippen LogP contribution in [0.1, 0.15) is 23.6 Å². The van der Waals surface area contributed by atoms with E-state index in [1.165, 1.54) is 6.92 Å². The minimum atomic E-state index is -0.931.